The lowest BCUT2D eigenvalue weighted by atomic mass is 10.3. The summed E-state index contributed by atoms with van der Waals surface area (Å²) in [6, 6.07) is 7.05. The number of carbonyl (C=O) groups is 2. The molecule has 1 heterocycles. The highest BCUT2D eigenvalue weighted by atomic mass is 35.5. The first-order valence-corrected chi connectivity index (χ1v) is 7.89. The van der Waals surface area contributed by atoms with E-state index in [-0.39, 0.29) is 24.2 Å². The van der Waals surface area contributed by atoms with E-state index in [2.05, 4.69) is 15.6 Å². The van der Waals surface area contributed by atoms with Gasteiger partial charge in [0.15, 0.2) is 0 Å². The molecule has 0 bridgehead atoms. The smallest absolute Gasteiger partial charge is 0.270 e. The van der Waals surface area contributed by atoms with E-state index in [1.165, 1.54) is 18.3 Å². The molecule has 7 nitrogen and oxygen atoms in total. The molecule has 0 unspecified atom stereocenters. The lowest BCUT2D eigenvalue weighted by Crippen LogP contribution is -2.28. The minimum Gasteiger partial charge on any atom is -0.492 e. The molecule has 1 aromatic heterocycles. The molecule has 4 N–H and O–H groups in total. The number of rotatable bonds is 7. The number of hydrogen-bond donors (Lipinski definition) is 3. The van der Waals surface area contributed by atoms with Crippen LogP contribution in [0.25, 0.3) is 0 Å². The van der Waals surface area contributed by atoms with Gasteiger partial charge in [0.2, 0.25) is 5.91 Å². The molecule has 0 aliphatic heterocycles. The fourth-order valence-electron chi connectivity index (χ4n) is 1.80. The van der Waals surface area contributed by atoms with Gasteiger partial charge in [0.05, 0.1) is 6.54 Å². The summed E-state index contributed by atoms with van der Waals surface area (Å²) in [5.41, 5.74) is 6.49. The quantitative estimate of drug-likeness (QED) is 0.644. The standard InChI is InChI=1S/C15H18N4O3S.ClH/c1-10(20)18-11-3-2-4-12(7-11)22-6-5-17-15(21)13-9-23-14(8-16)19-13;/h2-4,7,9H,5-6,8,16H2,1H3,(H,17,21)(H,18,20);1H. The molecule has 0 saturated heterocycles. The second-order valence-corrected chi connectivity index (χ2v) is 5.59. The van der Waals surface area contributed by atoms with E-state index in [1.54, 1.807) is 29.6 Å². The Labute approximate surface area is 150 Å². The molecular weight excluding hydrogens is 352 g/mol. The predicted molar refractivity (Wildman–Crippen MR) is 95.8 cm³/mol. The summed E-state index contributed by atoms with van der Waals surface area (Å²) in [5.74, 6) is 0.218. The van der Waals surface area contributed by atoms with Crippen LogP contribution in [0.15, 0.2) is 29.6 Å². The molecule has 24 heavy (non-hydrogen) atoms. The molecule has 2 aromatic rings. The first-order valence-electron chi connectivity index (χ1n) is 7.01. The van der Waals surface area contributed by atoms with Crippen molar-refractivity contribution in [3.8, 4) is 5.75 Å². The summed E-state index contributed by atoms with van der Waals surface area (Å²) in [7, 11) is 0. The van der Waals surface area contributed by atoms with Gasteiger partial charge in [-0.05, 0) is 12.1 Å². The zero-order chi connectivity index (χ0) is 16.7. The molecule has 0 saturated carbocycles. The van der Waals surface area contributed by atoms with Crippen molar-refractivity contribution in [3.05, 3.63) is 40.3 Å². The summed E-state index contributed by atoms with van der Waals surface area (Å²) < 4.78 is 5.54. The number of amides is 2. The number of thiazole rings is 1. The van der Waals surface area contributed by atoms with Crippen molar-refractivity contribution in [1.82, 2.24) is 10.3 Å². The van der Waals surface area contributed by atoms with Gasteiger partial charge in [0, 0.05) is 30.6 Å². The molecule has 1 aromatic carbocycles. The second-order valence-electron chi connectivity index (χ2n) is 4.64. The maximum Gasteiger partial charge on any atom is 0.270 e. The van der Waals surface area contributed by atoms with Gasteiger partial charge >= 0.3 is 0 Å². The third-order valence-corrected chi connectivity index (χ3v) is 3.64. The highest BCUT2D eigenvalue weighted by Gasteiger charge is 2.09. The lowest BCUT2D eigenvalue weighted by molar-refractivity contribution is -0.114. The minimum absolute atomic E-state index is 0. The van der Waals surface area contributed by atoms with Crippen molar-refractivity contribution in [3.63, 3.8) is 0 Å². The zero-order valence-corrected chi connectivity index (χ0v) is 14.7. The molecule has 0 aliphatic rings. The molecular formula is C15H19ClN4O3S. The number of hydrogen-bond acceptors (Lipinski definition) is 6. The molecule has 2 rings (SSSR count). The number of aromatic nitrogens is 1. The van der Waals surface area contributed by atoms with Crippen LogP contribution < -0.4 is 21.1 Å². The maximum absolute atomic E-state index is 11.8. The summed E-state index contributed by atoms with van der Waals surface area (Å²) in [5, 5.41) is 7.80. The Morgan fingerprint density at radius 3 is 2.83 bits per heavy atom. The van der Waals surface area contributed by atoms with Crippen LogP contribution in [-0.4, -0.2) is 29.9 Å². The van der Waals surface area contributed by atoms with Crippen LogP contribution in [0.2, 0.25) is 0 Å². The number of carbonyl (C=O) groups excluding carboxylic acids is 2. The highest BCUT2D eigenvalue weighted by molar-refractivity contribution is 7.09. The zero-order valence-electron chi connectivity index (χ0n) is 13.1. The highest BCUT2D eigenvalue weighted by Crippen LogP contribution is 2.17. The monoisotopic (exact) mass is 370 g/mol. The normalized spacial score (nSPS) is 9.75. The van der Waals surface area contributed by atoms with Crippen molar-refractivity contribution >= 4 is 41.2 Å². The van der Waals surface area contributed by atoms with Crippen molar-refractivity contribution in [2.45, 2.75) is 13.5 Å². The van der Waals surface area contributed by atoms with Crippen LogP contribution in [-0.2, 0) is 11.3 Å². The van der Waals surface area contributed by atoms with E-state index >= 15 is 0 Å². The third kappa shape index (κ3) is 6.15. The summed E-state index contributed by atoms with van der Waals surface area (Å²) in [4.78, 5) is 27.0. The van der Waals surface area contributed by atoms with Crippen molar-refractivity contribution < 1.29 is 14.3 Å². The number of anilines is 1. The van der Waals surface area contributed by atoms with E-state index < -0.39 is 0 Å². The van der Waals surface area contributed by atoms with Gasteiger partial charge in [-0.3, -0.25) is 9.59 Å². The third-order valence-electron chi connectivity index (χ3n) is 2.77. The molecule has 0 fully saturated rings. The molecule has 9 heteroatoms. The van der Waals surface area contributed by atoms with Gasteiger partial charge in [-0.1, -0.05) is 6.07 Å². The Morgan fingerprint density at radius 1 is 1.38 bits per heavy atom. The Bertz CT molecular complexity index is 693. The fraction of sp³-hybridized carbons (Fsp3) is 0.267. The number of halogens is 1. The van der Waals surface area contributed by atoms with E-state index in [9.17, 15) is 9.59 Å². The second kappa shape index (κ2) is 9.86. The van der Waals surface area contributed by atoms with Crippen LogP contribution in [0.1, 0.15) is 22.4 Å². The maximum atomic E-state index is 11.8. The van der Waals surface area contributed by atoms with Gasteiger partial charge in [-0.25, -0.2) is 4.98 Å². The molecule has 130 valence electrons. The Morgan fingerprint density at radius 2 is 2.17 bits per heavy atom. The van der Waals surface area contributed by atoms with Gasteiger partial charge in [-0.15, -0.1) is 23.7 Å². The topological polar surface area (TPSA) is 106 Å². The van der Waals surface area contributed by atoms with Crippen LogP contribution in [0.5, 0.6) is 5.75 Å². The fourth-order valence-corrected chi connectivity index (χ4v) is 2.45. The van der Waals surface area contributed by atoms with Gasteiger partial charge in [0.25, 0.3) is 5.91 Å². The first-order chi connectivity index (χ1) is 11.1. The first kappa shape index (κ1) is 19.9. The predicted octanol–water partition coefficient (Wildman–Crippen LogP) is 1.79. The van der Waals surface area contributed by atoms with E-state index in [0.29, 0.717) is 36.8 Å². The summed E-state index contributed by atoms with van der Waals surface area (Å²) in [6.07, 6.45) is 0. The van der Waals surface area contributed by atoms with Crippen molar-refractivity contribution in [2.24, 2.45) is 5.73 Å². The SMILES string of the molecule is CC(=O)Nc1cccc(OCCNC(=O)c2csc(CN)n2)c1.Cl. The lowest BCUT2D eigenvalue weighted by Gasteiger charge is -2.09. The van der Waals surface area contributed by atoms with Gasteiger partial charge in [-0.2, -0.15) is 0 Å². The Hall–Kier alpha value is -2.16. The number of ether oxygens (including phenoxy) is 1. The van der Waals surface area contributed by atoms with Crippen LogP contribution in [0.4, 0.5) is 5.69 Å². The molecule has 0 atom stereocenters. The van der Waals surface area contributed by atoms with E-state index in [0.717, 1.165) is 5.01 Å². The van der Waals surface area contributed by atoms with E-state index in [1.807, 2.05) is 0 Å². The van der Waals surface area contributed by atoms with Crippen LogP contribution in [0.3, 0.4) is 0 Å². The van der Waals surface area contributed by atoms with Crippen LogP contribution >= 0.6 is 23.7 Å². The Balaban J connectivity index is 0.00000288. The number of nitrogens with one attached hydrogen (secondary N) is 2. The number of nitrogens with two attached hydrogens (primary N) is 1. The molecule has 0 aliphatic carbocycles. The molecule has 0 spiro atoms. The van der Waals surface area contributed by atoms with Crippen molar-refractivity contribution in [2.75, 3.05) is 18.5 Å². The Kier molecular flexibility index (Phi) is 8.17. The van der Waals surface area contributed by atoms with E-state index in [4.69, 9.17) is 10.5 Å². The number of benzene rings is 1. The summed E-state index contributed by atoms with van der Waals surface area (Å²) in [6.45, 7) is 2.42. The average Bonchev–Trinajstić information content (AvgIpc) is 3.00. The van der Waals surface area contributed by atoms with Gasteiger partial charge in [0.1, 0.15) is 23.1 Å². The summed E-state index contributed by atoms with van der Waals surface area (Å²) >= 11 is 1.36. The molecule has 0 radical (unpaired) electrons. The van der Waals surface area contributed by atoms with Crippen LogP contribution in [0, 0.1) is 0 Å². The number of nitrogens with zero attached hydrogens (tertiary/aromatic N) is 1. The average molecular weight is 371 g/mol. The largest absolute Gasteiger partial charge is 0.492 e. The van der Waals surface area contributed by atoms with Crippen molar-refractivity contribution in [1.29, 1.82) is 0 Å². The van der Waals surface area contributed by atoms with Gasteiger partial charge < -0.3 is 21.1 Å². The minimum atomic E-state index is -0.253. The molecule has 2 amide bonds.